The lowest BCUT2D eigenvalue weighted by Crippen LogP contribution is -2.02. The van der Waals surface area contributed by atoms with Crippen LogP contribution in [0.1, 0.15) is 30.4 Å². The van der Waals surface area contributed by atoms with Crippen LogP contribution in [-0.4, -0.2) is 6.54 Å². The molecule has 1 heteroatoms. The van der Waals surface area contributed by atoms with E-state index < -0.39 is 0 Å². The lowest BCUT2D eigenvalue weighted by atomic mass is 10.1. The van der Waals surface area contributed by atoms with Gasteiger partial charge in [0, 0.05) is 12.2 Å². The highest BCUT2D eigenvalue weighted by atomic mass is 14.9. The molecule has 96 valence electrons. The standard InChI is InChI=1S/C18H19N/c1-2-4-17-14(3-1)11-15-12-16(7-8-18(15)17)19-10-9-13-5-6-13/h1-4,7-8,12-13,19H,5-6,9-11H2. The summed E-state index contributed by atoms with van der Waals surface area (Å²) in [6, 6.07) is 15.6. The molecule has 2 aliphatic rings. The lowest BCUT2D eigenvalue weighted by Gasteiger charge is -2.08. The number of anilines is 1. The second kappa shape index (κ2) is 4.41. The van der Waals surface area contributed by atoms with Crippen molar-refractivity contribution in [3.63, 3.8) is 0 Å². The topological polar surface area (TPSA) is 12.0 Å². The molecule has 1 nitrogen and oxygen atoms in total. The van der Waals surface area contributed by atoms with Crippen LogP contribution in [-0.2, 0) is 6.42 Å². The first-order valence-corrected chi connectivity index (χ1v) is 7.35. The first-order chi connectivity index (χ1) is 9.40. The van der Waals surface area contributed by atoms with Crippen molar-refractivity contribution in [2.45, 2.75) is 25.7 Å². The van der Waals surface area contributed by atoms with Gasteiger partial charge in [0.25, 0.3) is 0 Å². The maximum atomic E-state index is 3.57. The Hall–Kier alpha value is -1.76. The Morgan fingerprint density at radius 2 is 1.79 bits per heavy atom. The van der Waals surface area contributed by atoms with E-state index in [0.29, 0.717) is 0 Å². The van der Waals surface area contributed by atoms with Gasteiger partial charge >= 0.3 is 0 Å². The van der Waals surface area contributed by atoms with Gasteiger partial charge in [0.1, 0.15) is 0 Å². The quantitative estimate of drug-likeness (QED) is 0.719. The molecule has 1 N–H and O–H groups in total. The zero-order valence-corrected chi connectivity index (χ0v) is 11.2. The summed E-state index contributed by atoms with van der Waals surface area (Å²) in [7, 11) is 0. The Morgan fingerprint density at radius 3 is 2.68 bits per heavy atom. The minimum atomic E-state index is 1.01. The van der Waals surface area contributed by atoms with Crippen molar-refractivity contribution < 1.29 is 0 Å². The summed E-state index contributed by atoms with van der Waals surface area (Å²) in [4.78, 5) is 0. The highest BCUT2D eigenvalue weighted by molar-refractivity contribution is 5.78. The van der Waals surface area contributed by atoms with Crippen molar-refractivity contribution in [3.8, 4) is 11.1 Å². The summed E-state index contributed by atoms with van der Waals surface area (Å²) in [5.41, 5.74) is 7.06. The minimum absolute atomic E-state index is 1.01. The van der Waals surface area contributed by atoms with E-state index in [1.165, 1.54) is 47.2 Å². The number of hydrogen-bond donors (Lipinski definition) is 1. The molecule has 0 aliphatic heterocycles. The summed E-state index contributed by atoms with van der Waals surface area (Å²) >= 11 is 0. The van der Waals surface area contributed by atoms with E-state index in [9.17, 15) is 0 Å². The van der Waals surface area contributed by atoms with Gasteiger partial charge in [-0.2, -0.15) is 0 Å². The van der Waals surface area contributed by atoms with E-state index in [2.05, 4.69) is 47.8 Å². The van der Waals surface area contributed by atoms with Gasteiger partial charge in [-0.3, -0.25) is 0 Å². The molecule has 2 aliphatic carbocycles. The fourth-order valence-corrected chi connectivity index (χ4v) is 3.08. The molecular weight excluding hydrogens is 230 g/mol. The molecule has 1 saturated carbocycles. The predicted octanol–water partition coefficient (Wildman–Crippen LogP) is 4.47. The zero-order valence-electron chi connectivity index (χ0n) is 11.2. The van der Waals surface area contributed by atoms with E-state index in [4.69, 9.17) is 0 Å². The molecule has 2 aromatic carbocycles. The van der Waals surface area contributed by atoms with E-state index >= 15 is 0 Å². The van der Waals surface area contributed by atoms with Gasteiger partial charge in [-0.25, -0.2) is 0 Å². The molecule has 0 amide bonds. The van der Waals surface area contributed by atoms with E-state index in [1.54, 1.807) is 0 Å². The van der Waals surface area contributed by atoms with Gasteiger partial charge in [-0.15, -0.1) is 0 Å². The molecule has 1 fully saturated rings. The van der Waals surface area contributed by atoms with Crippen LogP contribution in [0.2, 0.25) is 0 Å². The van der Waals surface area contributed by atoms with Crippen LogP contribution in [0.5, 0.6) is 0 Å². The van der Waals surface area contributed by atoms with Crippen molar-refractivity contribution in [2.75, 3.05) is 11.9 Å². The fourth-order valence-electron chi connectivity index (χ4n) is 3.08. The van der Waals surface area contributed by atoms with Crippen molar-refractivity contribution in [1.82, 2.24) is 0 Å². The molecule has 0 aromatic heterocycles. The van der Waals surface area contributed by atoms with Crippen LogP contribution in [0.3, 0.4) is 0 Å². The Kier molecular flexibility index (Phi) is 2.58. The first kappa shape index (κ1) is 11.1. The summed E-state index contributed by atoms with van der Waals surface area (Å²) < 4.78 is 0. The third-order valence-electron chi connectivity index (χ3n) is 4.37. The number of fused-ring (bicyclic) bond motifs is 3. The van der Waals surface area contributed by atoms with Crippen molar-refractivity contribution >= 4 is 5.69 Å². The van der Waals surface area contributed by atoms with Gasteiger partial charge in [0.2, 0.25) is 0 Å². The average Bonchev–Trinajstić information content (AvgIpc) is 3.18. The molecule has 2 aromatic rings. The van der Waals surface area contributed by atoms with Crippen molar-refractivity contribution in [2.24, 2.45) is 5.92 Å². The average molecular weight is 249 g/mol. The second-order valence-electron chi connectivity index (χ2n) is 5.86. The Morgan fingerprint density at radius 1 is 0.947 bits per heavy atom. The van der Waals surface area contributed by atoms with Gasteiger partial charge in [0.15, 0.2) is 0 Å². The van der Waals surface area contributed by atoms with Crippen LogP contribution < -0.4 is 5.32 Å². The molecule has 0 atom stereocenters. The van der Waals surface area contributed by atoms with Crippen molar-refractivity contribution in [3.05, 3.63) is 53.6 Å². The summed E-state index contributed by atoms with van der Waals surface area (Å²) in [5.74, 6) is 1.01. The van der Waals surface area contributed by atoms with Crippen molar-refractivity contribution in [1.29, 1.82) is 0 Å². The SMILES string of the molecule is c1ccc2c(c1)Cc1cc(NCCC3CC3)ccc1-2. The van der Waals surface area contributed by atoms with Gasteiger partial charge in [-0.05, 0) is 53.1 Å². The molecule has 0 bridgehead atoms. The molecule has 4 rings (SSSR count). The van der Waals surface area contributed by atoms with Crippen LogP contribution >= 0.6 is 0 Å². The lowest BCUT2D eigenvalue weighted by molar-refractivity contribution is 0.760. The maximum Gasteiger partial charge on any atom is 0.0343 e. The normalized spacial score (nSPS) is 16.0. The van der Waals surface area contributed by atoms with Crippen LogP contribution in [0.25, 0.3) is 11.1 Å². The van der Waals surface area contributed by atoms with Crippen LogP contribution in [0.15, 0.2) is 42.5 Å². The fraction of sp³-hybridized carbons (Fsp3) is 0.333. The third-order valence-corrected chi connectivity index (χ3v) is 4.37. The van der Waals surface area contributed by atoms with Crippen LogP contribution in [0.4, 0.5) is 5.69 Å². The highest BCUT2D eigenvalue weighted by Gasteiger charge is 2.20. The van der Waals surface area contributed by atoms with E-state index in [-0.39, 0.29) is 0 Å². The largest absolute Gasteiger partial charge is 0.385 e. The van der Waals surface area contributed by atoms with Gasteiger partial charge in [0.05, 0.1) is 0 Å². The molecule has 0 saturated heterocycles. The minimum Gasteiger partial charge on any atom is -0.385 e. The number of benzene rings is 2. The predicted molar refractivity (Wildman–Crippen MR) is 80.5 cm³/mol. The third kappa shape index (κ3) is 2.14. The summed E-state index contributed by atoms with van der Waals surface area (Å²) in [5, 5.41) is 3.57. The zero-order chi connectivity index (χ0) is 12.7. The second-order valence-corrected chi connectivity index (χ2v) is 5.86. The first-order valence-electron chi connectivity index (χ1n) is 7.35. The number of nitrogens with one attached hydrogen (secondary N) is 1. The van der Waals surface area contributed by atoms with Gasteiger partial charge in [-0.1, -0.05) is 43.2 Å². The molecule has 0 heterocycles. The Balaban J connectivity index is 1.53. The molecular formula is C18H19N. The smallest absolute Gasteiger partial charge is 0.0343 e. The number of rotatable bonds is 4. The van der Waals surface area contributed by atoms with Gasteiger partial charge < -0.3 is 5.32 Å². The Bertz CT molecular complexity index is 611. The molecule has 0 spiro atoms. The molecule has 0 radical (unpaired) electrons. The maximum absolute atomic E-state index is 3.57. The van der Waals surface area contributed by atoms with E-state index in [0.717, 1.165) is 18.9 Å². The summed E-state index contributed by atoms with van der Waals surface area (Å²) in [6.45, 7) is 1.12. The Labute approximate surface area is 114 Å². The van der Waals surface area contributed by atoms with Crippen LogP contribution in [0, 0.1) is 5.92 Å². The molecule has 0 unspecified atom stereocenters. The highest BCUT2D eigenvalue weighted by Crippen LogP contribution is 2.37. The molecule has 19 heavy (non-hydrogen) atoms. The summed E-state index contributed by atoms with van der Waals surface area (Å²) in [6.07, 6.45) is 5.31. The monoisotopic (exact) mass is 249 g/mol. The van der Waals surface area contributed by atoms with E-state index in [1.807, 2.05) is 0 Å². The number of hydrogen-bond acceptors (Lipinski definition) is 1.